The number of nitrogens with one attached hydrogen (secondary N) is 1. The number of unbranched alkanes of at least 4 members (excludes halogenated alkanes) is 1. The minimum absolute atomic E-state index is 0.0332. The topological polar surface area (TPSA) is 88.5 Å². The van der Waals surface area contributed by atoms with Crippen LogP contribution in [0, 0.1) is 0 Å². The first-order chi connectivity index (χ1) is 13.0. The lowest BCUT2D eigenvalue weighted by molar-refractivity contribution is -0.137. The molecule has 0 saturated heterocycles. The van der Waals surface area contributed by atoms with Crippen molar-refractivity contribution in [1.29, 1.82) is 0 Å². The molecule has 12 heteroatoms. The van der Waals surface area contributed by atoms with Gasteiger partial charge in [-0.15, -0.1) is 0 Å². The summed E-state index contributed by atoms with van der Waals surface area (Å²) in [5.41, 5.74) is -1.03. The molecule has 1 heterocycles. The summed E-state index contributed by atoms with van der Waals surface area (Å²) >= 11 is 11.8. The Bertz CT molecular complexity index is 899. The monoisotopic (exact) mass is 458 g/mol. The van der Waals surface area contributed by atoms with Gasteiger partial charge in [0.2, 0.25) is 0 Å². The van der Waals surface area contributed by atoms with Crippen molar-refractivity contribution in [3.05, 3.63) is 46.1 Å². The molecule has 0 bridgehead atoms. The number of aromatic nitrogens is 1. The van der Waals surface area contributed by atoms with E-state index in [2.05, 4.69) is 9.71 Å². The Morgan fingerprint density at radius 3 is 2.32 bits per heavy atom. The lowest BCUT2D eigenvalue weighted by atomic mass is 10.3. The van der Waals surface area contributed by atoms with Crippen LogP contribution < -0.4 is 9.46 Å². The molecular formula is C16H15Cl2F3N2O4S. The van der Waals surface area contributed by atoms with E-state index in [1.165, 1.54) is 12.1 Å². The van der Waals surface area contributed by atoms with Gasteiger partial charge in [-0.3, -0.25) is 0 Å². The van der Waals surface area contributed by atoms with Crippen LogP contribution in [0.3, 0.4) is 0 Å². The van der Waals surface area contributed by atoms with Crippen LogP contribution in [0.25, 0.3) is 0 Å². The average molecular weight is 459 g/mol. The number of phenolic OH excluding ortho intramolecular Hbond substituents is 1. The molecule has 1 aromatic heterocycles. The molecule has 0 radical (unpaired) electrons. The van der Waals surface area contributed by atoms with Gasteiger partial charge < -0.3 is 9.84 Å². The van der Waals surface area contributed by atoms with Crippen LogP contribution in [0.1, 0.15) is 18.4 Å². The van der Waals surface area contributed by atoms with Gasteiger partial charge in [-0.25, -0.2) is 18.1 Å². The van der Waals surface area contributed by atoms with Gasteiger partial charge in [0, 0.05) is 24.9 Å². The van der Waals surface area contributed by atoms with Crippen LogP contribution in [-0.4, -0.2) is 31.7 Å². The highest BCUT2D eigenvalue weighted by Gasteiger charge is 2.31. The van der Waals surface area contributed by atoms with E-state index in [4.69, 9.17) is 27.9 Å². The molecular weight excluding hydrogens is 444 g/mol. The van der Waals surface area contributed by atoms with Crippen molar-refractivity contribution in [2.45, 2.75) is 24.0 Å². The van der Waals surface area contributed by atoms with E-state index in [1.807, 2.05) is 0 Å². The maximum absolute atomic E-state index is 12.5. The molecule has 0 spiro atoms. The Morgan fingerprint density at radius 2 is 1.79 bits per heavy atom. The second kappa shape index (κ2) is 9.17. The van der Waals surface area contributed by atoms with E-state index in [9.17, 15) is 26.7 Å². The first-order valence-electron chi connectivity index (χ1n) is 7.84. The van der Waals surface area contributed by atoms with Crippen LogP contribution >= 0.6 is 23.2 Å². The summed E-state index contributed by atoms with van der Waals surface area (Å²) in [4.78, 5) is 3.35. The molecule has 0 aliphatic heterocycles. The summed E-state index contributed by atoms with van der Waals surface area (Å²) < 4.78 is 69.2. The number of rotatable bonds is 8. The highest BCUT2D eigenvalue weighted by molar-refractivity contribution is 7.89. The first-order valence-corrected chi connectivity index (χ1v) is 10.1. The Kier molecular flexibility index (Phi) is 7.38. The van der Waals surface area contributed by atoms with Crippen molar-refractivity contribution >= 4 is 33.2 Å². The third kappa shape index (κ3) is 6.13. The van der Waals surface area contributed by atoms with Crippen molar-refractivity contribution in [2.24, 2.45) is 0 Å². The molecule has 0 atom stereocenters. The number of halogens is 5. The second-order valence-corrected chi connectivity index (χ2v) is 8.10. The molecule has 2 aromatic rings. The lowest BCUT2D eigenvalue weighted by Crippen LogP contribution is -2.26. The van der Waals surface area contributed by atoms with E-state index in [0.717, 1.165) is 6.07 Å². The summed E-state index contributed by atoms with van der Waals surface area (Å²) in [6, 6.07) is 3.99. The Morgan fingerprint density at radius 1 is 1.14 bits per heavy atom. The number of phenols is 1. The fourth-order valence-electron chi connectivity index (χ4n) is 2.07. The fraction of sp³-hybridized carbons (Fsp3) is 0.312. The molecule has 0 amide bonds. The standard InChI is InChI=1S/C16H15Cl2F3N2O4S/c17-12-7-11(24)8-13(18)15(12)27-6-2-1-5-23-28(25,26)14-4-3-10(9-22-14)16(19,20)21/h3-4,7-9,23-24H,1-2,5-6H2. The molecule has 1 aromatic carbocycles. The molecule has 0 fully saturated rings. The third-order valence-corrected chi connectivity index (χ3v) is 5.37. The molecule has 0 unspecified atom stereocenters. The number of alkyl halides is 3. The summed E-state index contributed by atoms with van der Waals surface area (Å²) in [6.45, 7) is 0.218. The molecule has 2 N–H and O–H groups in total. The molecule has 0 aliphatic carbocycles. The van der Waals surface area contributed by atoms with Gasteiger partial charge >= 0.3 is 6.18 Å². The molecule has 28 heavy (non-hydrogen) atoms. The number of aromatic hydroxyl groups is 1. The number of hydrogen-bond acceptors (Lipinski definition) is 5. The Hall–Kier alpha value is -1.75. The van der Waals surface area contributed by atoms with Gasteiger partial charge in [-0.2, -0.15) is 13.2 Å². The number of benzene rings is 1. The number of ether oxygens (including phenoxy) is 1. The second-order valence-electron chi connectivity index (χ2n) is 5.57. The van der Waals surface area contributed by atoms with Crippen LogP contribution in [0.5, 0.6) is 11.5 Å². The van der Waals surface area contributed by atoms with E-state index in [-0.39, 0.29) is 34.7 Å². The van der Waals surface area contributed by atoms with Gasteiger partial charge in [0.15, 0.2) is 10.8 Å². The predicted molar refractivity (Wildman–Crippen MR) is 97.3 cm³/mol. The van der Waals surface area contributed by atoms with E-state index >= 15 is 0 Å². The summed E-state index contributed by atoms with van der Waals surface area (Å²) in [6.07, 6.45) is -3.30. The smallest absolute Gasteiger partial charge is 0.417 e. The SMILES string of the molecule is O=S(=O)(NCCCCOc1c(Cl)cc(O)cc1Cl)c1ccc(C(F)(F)F)cn1. The zero-order chi connectivity index (χ0) is 20.9. The largest absolute Gasteiger partial charge is 0.508 e. The number of nitrogens with zero attached hydrogens (tertiary/aromatic N) is 1. The van der Waals surface area contributed by atoms with Crippen LogP contribution in [-0.2, 0) is 16.2 Å². The van der Waals surface area contributed by atoms with Crippen LogP contribution in [0.2, 0.25) is 10.0 Å². The van der Waals surface area contributed by atoms with Crippen molar-refractivity contribution in [2.75, 3.05) is 13.2 Å². The van der Waals surface area contributed by atoms with Crippen molar-refractivity contribution in [3.63, 3.8) is 0 Å². The number of sulfonamides is 1. The third-order valence-electron chi connectivity index (χ3n) is 3.43. The zero-order valence-corrected chi connectivity index (χ0v) is 16.5. The quantitative estimate of drug-likeness (QED) is 0.577. The Balaban J connectivity index is 1.80. The molecule has 154 valence electrons. The molecule has 0 saturated carbocycles. The van der Waals surface area contributed by atoms with Gasteiger partial charge in [-0.05, 0) is 25.0 Å². The number of hydrogen-bond donors (Lipinski definition) is 2. The maximum atomic E-state index is 12.5. The fourth-order valence-corrected chi connectivity index (χ4v) is 3.66. The average Bonchev–Trinajstić information content (AvgIpc) is 2.59. The highest BCUT2D eigenvalue weighted by Crippen LogP contribution is 2.36. The Labute approximate surface area is 169 Å². The van der Waals surface area contributed by atoms with E-state index < -0.39 is 26.8 Å². The predicted octanol–water partition coefficient (Wildman–Crippen LogP) is 4.25. The lowest BCUT2D eigenvalue weighted by Gasteiger charge is -2.11. The summed E-state index contributed by atoms with van der Waals surface area (Å²) in [5.74, 6) is 0.101. The normalized spacial score (nSPS) is 12.2. The number of pyridine rings is 1. The van der Waals surface area contributed by atoms with Crippen molar-refractivity contribution in [1.82, 2.24) is 9.71 Å². The molecule has 2 rings (SSSR count). The van der Waals surface area contributed by atoms with Crippen LogP contribution in [0.15, 0.2) is 35.5 Å². The van der Waals surface area contributed by atoms with Gasteiger partial charge in [0.25, 0.3) is 10.0 Å². The zero-order valence-electron chi connectivity index (χ0n) is 14.1. The summed E-state index contributed by atoms with van der Waals surface area (Å²) in [7, 11) is -4.02. The van der Waals surface area contributed by atoms with E-state index in [0.29, 0.717) is 25.1 Å². The minimum Gasteiger partial charge on any atom is -0.508 e. The molecule has 6 nitrogen and oxygen atoms in total. The summed E-state index contributed by atoms with van der Waals surface area (Å²) in [5, 5.41) is 9.11. The van der Waals surface area contributed by atoms with Gasteiger partial charge in [0.05, 0.1) is 22.2 Å². The van der Waals surface area contributed by atoms with Crippen molar-refractivity contribution in [3.8, 4) is 11.5 Å². The van der Waals surface area contributed by atoms with Gasteiger partial charge in [-0.1, -0.05) is 23.2 Å². The molecule has 0 aliphatic rings. The highest BCUT2D eigenvalue weighted by atomic mass is 35.5. The van der Waals surface area contributed by atoms with E-state index in [1.54, 1.807) is 0 Å². The first kappa shape index (κ1) is 22.5. The maximum Gasteiger partial charge on any atom is 0.417 e. The minimum atomic E-state index is -4.59. The van der Waals surface area contributed by atoms with Gasteiger partial charge in [0.1, 0.15) is 5.75 Å². The van der Waals surface area contributed by atoms with Crippen molar-refractivity contribution < 1.29 is 31.4 Å². The van der Waals surface area contributed by atoms with Crippen LogP contribution in [0.4, 0.5) is 13.2 Å².